The maximum absolute atomic E-state index is 12.0. The minimum atomic E-state index is -0.643. The van der Waals surface area contributed by atoms with Gasteiger partial charge in [-0.25, -0.2) is 0 Å². The highest BCUT2D eigenvalue weighted by Gasteiger charge is 2.66. The Morgan fingerprint density at radius 2 is 0.647 bits per heavy atom. The van der Waals surface area contributed by atoms with Gasteiger partial charge in [0, 0.05) is 40.6 Å². The summed E-state index contributed by atoms with van der Waals surface area (Å²) < 4.78 is 16.5. The smallest absolute Gasteiger partial charge is 0.306 e. The van der Waals surface area contributed by atoms with Crippen LogP contribution < -0.4 is 0 Å². The molecule has 16 saturated carbocycles. The van der Waals surface area contributed by atoms with Crippen molar-refractivity contribution in [1.29, 1.82) is 0 Å². The molecule has 0 aromatic heterocycles. The third-order valence-corrected chi connectivity index (χ3v) is 43.2. The van der Waals surface area contributed by atoms with Crippen LogP contribution in [0, 0.1) is 185 Å². The van der Waals surface area contributed by atoms with Crippen LogP contribution >= 0.6 is 22.6 Å². The monoisotopic (exact) mass is 1760 g/mol. The van der Waals surface area contributed by atoms with Crippen LogP contribution in [0.4, 0.5) is 0 Å². The van der Waals surface area contributed by atoms with Crippen LogP contribution in [0.1, 0.15) is 366 Å². The zero-order valence-electron chi connectivity index (χ0n) is 77.2. The zero-order chi connectivity index (χ0) is 85.4. The summed E-state index contributed by atoms with van der Waals surface area (Å²) in [6, 6.07) is 0.221. The van der Waals surface area contributed by atoms with Crippen LogP contribution in [0.5, 0.6) is 0 Å². The lowest BCUT2D eigenvalue weighted by Gasteiger charge is -2.61. The van der Waals surface area contributed by atoms with Gasteiger partial charge in [-0.2, -0.15) is 0 Å². The Morgan fingerprint density at radius 3 is 0.950 bits per heavy atom. The molecule has 0 heterocycles. The second-order valence-electron chi connectivity index (χ2n) is 46.8. The van der Waals surface area contributed by atoms with Crippen molar-refractivity contribution in [3.8, 4) is 0 Å². The Balaban J connectivity index is 0.000000138. The van der Waals surface area contributed by atoms with Gasteiger partial charge in [-0.3, -0.25) is 19.2 Å². The van der Waals surface area contributed by atoms with Gasteiger partial charge in [0.15, 0.2) is 0 Å². The lowest BCUT2D eigenvalue weighted by Crippen LogP contribution is -2.54. The lowest BCUT2D eigenvalue weighted by atomic mass is 9.44. The highest BCUT2D eigenvalue weighted by Crippen LogP contribution is 2.74. The average molecular weight is 1760 g/mol. The molecule has 16 rings (SSSR count). The molecule has 4 unspecified atom stereocenters. The van der Waals surface area contributed by atoms with Crippen LogP contribution in [0.2, 0.25) is 0 Å². The van der Waals surface area contributed by atoms with E-state index >= 15 is 0 Å². The van der Waals surface area contributed by atoms with Gasteiger partial charge in [0.1, 0.15) is 19.8 Å². The zero-order valence-corrected chi connectivity index (χ0v) is 79.3. The van der Waals surface area contributed by atoms with Gasteiger partial charge >= 0.3 is 23.9 Å². The topological polar surface area (TPSA) is 205 Å². The van der Waals surface area contributed by atoms with E-state index in [1.807, 2.05) is 0 Å². The van der Waals surface area contributed by atoms with Gasteiger partial charge in [-0.15, -0.1) is 0 Å². The van der Waals surface area contributed by atoms with Crippen LogP contribution in [0.3, 0.4) is 0 Å². The van der Waals surface area contributed by atoms with Crippen LogP contribution in [-0.4, -0.2) is 81.2 Å². The SMILES string of the molecule is C=CCOC(=O)CC[C@@H](C)C1CC[C@H]2[C@@H]3CC[C@@H]4C[C@@H](I)CC[C@]4(C)[C@H]3CC[C@]12C.C=CCOC(=O)CC[C@@H](C)C1CC[C@H]2[C@@H]3CC[C@@H]4C[C@H](N=[N+]=[N-])CC[C@]4(C)[C@H]3CC[C@]12C.C=CCOC(=O)CC[C@@H](C)C1CC[C@H]2[C@@H]3CC[C@@H]4C[C@H](O)CC[C@]4(C)[C@H]3CC[C@]12C.C[C@H](CCC(=O)O)C1CC[C@H]2[C@@H]3CC[C@@H]4C[C@H](O)CC[C@]4(C)[C@H]3CC[C@]12C. The highest BCUT2D eigenvalue weighted by molar-refractivity contribution is 14.1. The standard InChI is InChI=1S/C27H43IO2.C27H43N3O2.C27H44O3.C24H40O3/c1-5-16-30-25(29)11-6-18(2)22-9-10-23-21-8-7-19-17-20(28)12-14-26(19,3)24(21)13-15-27(22,23)4;1-5-16-32-25(31)11-6-18(2)22-9-10-23-21-8-7-19-17-20(29-30-28)12-14-26(19,3)24(21)13-15-27(22,23)4;1-5-16-30-25(29)11-6-18(2)22-9-10-23-21-8-7-19-17-20(28)12-14-26(19,3)24(21)13-15-27(22,23)4;1-15(4-9-22(26)27)19-7-8-20-18-6-5-16-14-17(25)10-12-23(16,2)21(18)11-13-24(19,20)3/h5,18-24H,1,6-17H2,2-4H3;5,18-24H,1,6-17H2,2-4H3;5,18-24,28H,1,6-17H2,2-4H3;15-21,25H,4-14H2,1-3H3,(H,26,27)/t18-,19-,20+,21+,22?,23+,24+,26+,27-;2*18-,19-,20-,21+,22?,23+,24+,26+,27-;15-,16-,17-,18+,19?,20+,21+,23+,24-/m1111/s1. The Labute approximate surface area is 736 Å². The molecule has 672 valence electrons. The number of carbonyl (C=O) groups excluding carboxylic acids is 3. The van der Waals surface area contributed by atoms with Crippen molar-refractivity contribution in [2.45, 2.75) is 388 Å². The molecule has 0 saturated heterocycles. The van der Waals surface area contributed by atoms with Crippen molar-refractivity contribution >= 4 is 46.5 Å². The molecule has 16 aliphatic rings. The summed E-state index contributed by atoms with van der Waals surface area (Å²) in [6.07, 6.45) is 57.9. The van der Waals surface area contributed by atoms with Gasteiger partial charge in [0.2, 0.25) is 0 Å². The van der Waals surface area contributed by atoms with Crippen molar-refractivity contribution < 1.29 is 48.7 Å². The number of hydrogen-bond donors (Lipinski definition) is 3. The minimum Gasteiger partial charge on any atom is -0.481 e. The molecule has 3 N–H and O–H groups in total. The van der Waals surface area contributed by atoms with Crippen molar-refractivity contribution in [3.63, 3.8) is 0 Å². The number of carbonyl (C=O) groups is 4. The number of aliphatic carboxylic acids is 1. The maximum atomic E-state index is 12.0. The number of esters is 3. The summed E-state index contributed by atoms with van der Waals surface area (Å²) in [5.74, 6) is 18.2. The molecule has 16 fully saturated rings. The predicted molar refractivity (Wildman–Crippen MR) is 488 cm³/mol. The molecule has 0 radical (unpaired) electrons. The first-order valence-electron chi connectivity index (χ1n) is 50.2. The Morgan fingerprint density at radius 1 is 0.378 bits per heavy atom. The summed E-state index contributed by atoms with van der Waals surface area (Å²) in [6.45, 7) is 42.1. The number of rotatable bonds is 23. The Bertz CT molecular complexity index is 3410. The first-order valence-corrected chi connectivity index (χ1v) is 51.5. The van der Waals surface area contributed by atoms with Gasteiger partial charge in [0.05, 0.1) is 12.2 Å². The van der Waals surface area contributed by atoms with E-state index in [0.29, 0.717) is 118 Å². The number of hydrogen-bond acceptors (Lipinski definition) is 10. The molecule has 14 heteroatoms. The number of aliphatic hydroxyl groups is 2. The molecular weight excluding hydrogens is 1590 g/mol. The quantitative estimate of drug-likeness (QED) is 0.0129. The number of carboxylic acid groups (broad SMARTS) is 1. The van der Waals surface area contributed by atoms with Crippen LogP contribution in [0.15, 0.2) is 43.1 Å². The van der Waals surface area contributed by atoms with E-state index in [9.17, 15) is 29.4 Å². The molecule has 0 aliphatic heterocycles. The fraction of sp³-hybridized carbons (Fsp3) is 0.905. The third-order valence-electron chi connectivity index (χ3n) is 42.1. The second-order valence-corrected chi connectivity index (χ2v) is 48.5. The lowest BCUT2D eigenvalue weighted by molar-refractivity contribution is -0.144. The Hall–Kier alpha value is -2.94. The first-order chi connectivity index (χ1) is 56.7. The van der Waals surface area contributed by atoms with Crippen molar-refractivity contribution in [1.82, 2.24) is 0 Å². The number of fused-ring (bicyclic) bond motifs is 20. The molecule has 0 aromatic rings. The van der Waals surface area contributed by atoms with E-state index < -0.39 is 5.97 Å². The summed E-state index contributed by atoms with van der Waals surface area (Å²) in [5, 5.41) is 33.6. The number of nitrogens with zero attached hydrogens (tertiary/aromatic N) is 3. The molecular formula is C105H170IN3O10. The van der Waals surface area contributed by atoms with Gasteiger partial charge in [-0.1, -0.05) is 149 Å². The number of carboxylic acids is 1. The number of ether oxygens (including phenoxy) is 3. The van der Waals surface area contributed by atoms with E-state index in [-0.39, 0.29) is 36.2 Å². The summed E-state index contributed by atoms with van der Waals surface area (Å²) in [4.78, 5) is 50.1. The van der Waals surface area contributed by atoms with E-state index in [1.165, 1.54) is 193 Å². The summed E-state index contributed by atoms with van der Waals surface area (Å²) in [5.41, 5.74) is 12.7. The number of halogens is 1. The summed E-state index contributed by atoms with van der Waals surface area (Å²) >= 11 is 2.72. The molecule has 119 heavy (non-hydrogen) atoms. The van der Waals surface area contributed by atoms with E-state index in [2.05, 4.69) is 135 Å². The minimum absolute atomic E-state index is 0.0524. The Kier molecular flexibility index (Phi) is 30.7. The van der Waals surface area contributed by atoms with Crippen molar-refractivity contribution in [3.05, 3.63) is 48.4 Å². The van der Waals surface area contributed by atoms with Crippen molar-refractivity contribution in [2.24, 2.45) is 190 Å². The molecule has 0 aromatic carbocycles. The van der Waals surface area contributed by atoms with Gasteiger partial charge < -0.3 is 29.5 Å². The fourth-order valence-electron chi connectivity index (χ4n) is 35.9. The van der Waals surface area contributed by atoms with Gasteiger partial charge in [-0.05, 0) is 448 Å². The molecule has 16 aliphatic carbocycles. The van der Waals surface area contributed by atoms with E-state index in [1.54, 1.807) is 18.2 Å². The fourth-order valence-corrected chi connectivity index (χ4v) is 36.8. The molecule has 0 bridgehead atoms. The van der Waals surface area contributed by atoms with E-state index in [0.717, 1.165) is 181 Å². The second kappa shape index (κ2) is 38.9. The number of alkyl halides is 1. The molecule has 13 nitrogen and oxygen atoms in total. The first kappa shape index (κ1) is 93.7. The van der Waals surface area contributed by atoms with Crippen LogP contribution in [-0.2, 0) is 33.4 Å². The average Bonchev–Trinajstić information content (AvgIpc) is 1.67. The van der Waals surface area contributed by atoms with Crippen LogP contribution in [0.25, 0.3) is 10.4 Å². The maximum Gasteiger partial charge on any atom is 0.306 e. The largest absolute Gasteiger partial charge is 0.481 e. The molecule has 36 atom stereocenters. The number of azide groups is 1. The third kappa shape index (κ3) is 18.8. The summed E-state index contributed by atoms with van der Waals surface area (Å²) in [7, 11) is 0. The molecule has 0 amide bonds. The predicted octanol–water partition coefficient (Wildman–Crippen LogP) is 26.7. The van der Waals surface area contributed by atoms with Crippen molar-refractivity contribution in [2.75, 3.05) is 19.8 Å². The number of aliphatic hydroxyl groups excluding tert-OH is 2. The molecule has 0 spiro atoms. The van der Waals surface area contributed by atoms with E-state index in [4.69, 9.17) is 24.8 Å². The van der Waals surface area contributed by atoms with Gasteiger partial charge in [0.25, 0.3) is 0 Å². The highest BCUT2D eigenvalue weighted by atomic mass is 127. The normalized spacial score (nSPS) is 46.5.